The zero-order chi connectivity index (χ0) is 13.2. The molecule has 0 aliphatic carbocycles. The number of piperidine rings is 1. The molecule has 1 fully saturated rings. The molecule has 2 heterocycles. The van der Waals surface area contributed by atoms with Gasteiger partial charge in [0.25, 0.3) is 0 Å². The maximum Gasteiger partial charge on any atom is 0.222 e. The second-order valence-corrected chi connectivity index (χ2v) is 5.92. The Morgan fingerprint density at radius 3 is 3.00 bits per heavy atom. The number of nitrogens with zero attached hydrogens (tertiary/aromatic N) is 1. The quantitative estimate of drug-likeness (QED) is 0.853. The van der Waals surface area contributed by atoms with Gasteiger partial charge in [-0.3, -0.25) is 4.79 Å². The minimum atomic E-state index is 0.0298. The van der Waals surface area contributed by atoms with Crippen molar-refractivity contribution >= 4 is 5.91 Å². The largest absolute Gasteiger partial charge is 0.367 e. The third kappa shape index (κ3) is 2.93. The molecule has 0 bridgehead atoms. The molecule has 1 aromatic rings. The second kappa shape index (κ2) is 5.14. The molecule has 3 N–H and O–H groups in total. The first kappa shape index (κ1) is 13.1. The van der Waals surface area contributed by atoms with Gasteiger partial charge in [-0.1, -0.05) is 13.8 Å². The summed E-state index contributed by atoms with van der Waals surface area (Å²) >= 11 is 0. The van der Waals surface area contributed by atoms with Crippen LogP contribution in [0.15, 0.2) is 18.5 Å². The van der Waals surface area contributed by atoms with Crippen LogP contribution in [0.1, 0.15) is 32.3 Å². The number of nitrogens with two attached hydrogens (primary N) is 1. The highest BCUT2D eigenvalue weighted by atomic mass is 16.2. The van der Waals surface area contributed by atoms with E-state index in [4.69, 9.17) is 5.73 Å². The molecule has 2 rings (SSSR count). The van der Waals surface area contributed by atoms with E-state index in [9.17, 15) is 4.79 Å². The number of hydrogen-bond donors (Lipinski definition) is 2. The monoisotopic (exact) mass is 249 g/mol. The molecular weight excluding hydrogens is 226 g/mol. The normalized spacial score (nSPS) is 23.1. The van der Waals surface area contributed by atoms with Gasteiger partial charge in [0.2, 0.25) is 5.91 Å². The van der Waals surface area contributed by atoms with Crippen LogP contribution >= 0.6 is 0 Å². The van der Waals surface area contributed by atoms with Crippen LogP contribution in [0.4, 0.5) is 0 Å². The van der Waals surface area contributed by atoms with Crippen LogP contribution < -0.4 is 5.73 Å². The minimum Gasteiger partial charge on any atom is -0.367 e. The minimum absolute atomic E-state index is 0.0298. The number of amides is 1. The van der Waals surface area contributed by atoms with Crippen molar-refractivity contribution in [3.63, 3.8) is 0 Å². The summed E-state index contributed by atoms with van der Waals surface area (Å²) in [6, 6.07) is 2.22. The van der Waals surface area contributed by atoms with Crippen molar-refractivity contribution < 1.29 is 4.79 Å². The van der Waals surface area contributed by atoms with E-state index in [0.29, 0.717) is 6.42 Å². The van der Waals surface area contributed by atoms with Crippen molar-refractivity contribution in [3.05, 3.63) is 24.0 Å². The number of carbonyl (C=O) groups excluding carboxylic acids is 1. The second-order valence-electron chi connectivity index (χ2n) is 5.92. The Morgan fingerprint density at radius 2 is 2.39 bits per heavy atom. The van der Waals surface area contributed by atoms with Gasteiger partial charge in [-0.15, -0.1) is 0 Å². The zero-order valence-corrected chi connectivity index (χ0v) is 11.3. The summed E-state index contributed by atoms with van der Waals surface area (Å²) in [5.41, 5.74) is 7.30. The standard InChI is InChI=1S/C14H23N3O/c1-14(2)10-17(8-6-12(14)15)13(18)4-3-11-5-7-16-9-11/h5,7,9,12,16H,3-4,6,8,10,15H2,1-2H3. The highest BCUT2D eigenvalue weighted by Gasteiger charge is 2.34. The van der Waals surface area contributed by atoms with E-state index in [1.165, 1.54) is 5.56 Å². The Bertz CT molecular complexity index is 397. The number of likely N-dealkylation sites (tertiary alicyclic amines) is 1. The number of aryl methyl sites for hydroxylation is 1. The van der Waals surface area contributed by atoms with Crippen LogP contribution in [0, 0.1) is 5.41 Å². The third-order valence-corrected chi connectivity index (χ3v) is 3.95. The molecule has 1 atom stereocenters. The van der Waals surface area contributed by atoms with Crippen LogP contribution in [0.5, 0.6) is 0 Å². The summed E-state index contributed by atoms with van der Waals surface area (Å²) in [4.78, 5) is 17.1. The van der Waals surface area contributed by atoms with Crippen molar-refractivity contribution in [1.82, 2.24) is 9.88 Å². The summed E-state index contributed by atoms with van der Waals surface area (Å²) in [7, 11) is 0. The number of nitrogens with one attached hydrogen (secondary N) is 1. The molecule has 1 amide bonds. The van der Waals surface area contributed by atoms with Crippen molar-refractivity contribution in [2.24, 2.45) is 11.1 Å². The van der Waals surface area contributed by atoms with Gasteiger partial charge in [-0.05, 0) is 29.9 Å². The molecule has 18 heavy (non-hydrogen) atoms. The van der Waals surface area contributed by atoms with E-state index in [2.05, 4.69) is 18.8 Å². The number of carbonyl (C=O) groups is 1. The van der Waals surface area contributed by atoms with Crippen LogP contribution in [-0.2, 0) is 11.2 Å². The summed E-state index contributed by atoms with van der Waals surface area (Å²) in [6.45, 7) is 5.86. The Kier molecular flexibility index (Phi) is 3.76. The highest BCUT2D eigenvalue weighted by Crippen LogP contribution is 2.28. The summed E-state index contributed by atoms with van der Waals surface area (Å²) < 4.78 is 0. The number of aromatic amines is 1. The molecule has 4 heteroatoms. The molecule has 4 nitrogen and oxygen atoms in total. The highest BCUT2D eigenvalue weighted by molar-refractivity contribution is 5.76. The van der Waals surface area contributed by atoms with Gasteiger partial charge in [0.05, 0.1) is 0 Å². The molecule has 0 radical (unpaired) electrons. The maximum absolute atomic E-state index is 12.2. The zero-order valence-electron chi connectivity index (χ0n) is 11.3. The van der Waals surface area contributed by atoms with Gasteiger partial charge in [0.1, 0.15) is 0 Å². The predicted octanol–water partition coefficient (Wildman–Crippen LogP) is 1.53. The van der Waals surface area contributed by atoms with Crippen LogP contribution in [0.2, 0.25) is 0 Å². The van der Waals surface area contributed by atoms with E-state index in [0.717, 1.165) is 25.9 Å². The number of hydrogen-bond acceptors (Lipinski definition) is 2. The smallest absolute Gasteiger partial charge is 0.222 e. The molecule has 0 spiro atoms. The molecule has 0 aromatic carbocycles. The molecule has 1 aliphatic rings. The van der Waals surface area contributed by atoms with Crippen molar-refractivity contribution in [1.29, 1.82) is 0 Å². The lowest BCUT2D eigenvalue weighted by Crippen LogP contribution is -2.54. The van der Waals surface area contributed by atoms with Crippen molar-refractivity contribution in [3.8, 4) is 0 Å². The molecule has 1 aromatic heterocycles. The first-order valence-corrected chi connectivity index (χ1v) is 6.64. The van der Waals surface area contributed by atoms with E-state index in [-0.39, 0.29) is 17.4 Å². The van der Waals surface area contributed by atoms with Gasteiger partial charge < -0.3 is 15.6 Å². The fraction of sp³-hybridized carbons (Fsp3) is 0.643. The molecule has 1 aliphatic heterocycles. The van der Waals surface area contributed by atoms with Gasteiger partial charge in [-0.2, -0.15) is 0 Å². The molecule has 100 valence electrons. The Balaban J connectivity index is 1.86. The topological polar surface area (TPSA) is 62.1 Å². The number of H-pyrrole nitrogens is 1. The van der Waals surface area contributed by atoms with Gasteiger partial charge in [0, 0.05) is 37.9 Å². The van der Waals surface area contributed by atoms with Crippen molar-refractivity contribution in [2.45, 2.75) is 39.2 Å². The maximum atomic E-state index is 12.2. The lowest BCUT2D eigenvalue weighted by atomic mass is 9.79. The first-order chi connectivity index (χ1) is 8.49. The molecule has 1 saturated heterocycles. The predicted molar refractivity (Wildman–Crippen MR) is 72.1 cm³/mol. The van der Waals surface area contributed by atoms with Gasteiger partial charge in [-0.25, -0.2) is 0 Å². The fourth-order valence-corrected chi connectivity index (χ4v) is 2.51. The number of aromatic nitrogens is 1. The lowest BCUT2D eigenvalue weighted by Gasteiger charge is -2.42. The SMILES string of the molecule is CC1(C)CN(C(=O)CCc2cc[nH]c2)CCC1N. The molecule has 0 saturated carbocycles. The fourth-order valence-electron chi connectivity index (χ4n) is 2.51. The third-order valence-electron chi connectivity index (χ3n) is 3.95. The average Bonchev–Trinajstić information content (AvgIpc) is 2.82. The van der Waals surface area contributed by atoms with E-state index >= 15 is 0 Å². The molecular formula is C14H23N3O. The number of rotatable bonds is 3. The Hall–Kier alpha value is -1.29. The Labute approximate surface area is 109 Å². The summed E-state index contributed by atoms with van der Waals surface area (Å²) in [6.07, 6.45) is 6.14. The van der Waals surface area contributed by atoms with Crippen molar-refractivity contribution in [2.75, 3.05) is 13.1 Å². The summed E-state index contributed by atoms with van der Waals surface area (Å²) in [5.74, 6) is 0.246. The Morgan fingerprint density at radius 1 is 1.61 bits per heavy atom. The van der Waals surface area contributed by atoms with Gasteiger partial charge >= 0.3 is 0 Å². The lowest BCUT2D eigenvalue weighted by molar-refractivity contribution is -0.134. The van der Waals surface area contributed by atoms with Crippen LogP contribution in [0.25, 0.3) is 0 Å². The first-order valence-electron chi connectivity index (χ1n) is 6.64. The van der Waals surface area contributed by atoms with E-state index in [1.54, 1.807) is 0 Å². The summed E-state index contributed by atoms with van der Waals surface area (Å²) in [5, 5.41) is 0. The van der Waals surface area contributed by atoms with Gasteiger partial charge in [0.15, 0.2) is 0 Å². The van der Waals surface area contributed by atoms with Crippen LogP contribution in [0.3, 0.4) is 0 Å². The van der Waals surface area contributed by atoms with E-state index < -0.39 is 0 Å². The average molecular weight is 249 g/mol. The van der Waals surface area contributed by atoms with Crippen LogP contribution in [-0.4, -0.2) is 34.9 Å². The van der Waals surface area contributed by atoms with E-state index in [1.807, 2.05) is 23.4 Å². The molecule has 1 unspecified atom stereocenters.